The lowest BCUT2D eigenvalue weighted by Gasteiger charge is -2.24. The molecule has 3 N–H and O–H groups in total. The molecule has 0 heterocycles. The summed E-state index contributed by atoms with van der Waals surface area (Å²) in [6, 6.07) is 3.48. The van der Waals surface area contributed by atoms with Gasteiger partial charge in [-0.25, -0.2) is 4.79 Å². The summed E-state index contributed by atoms with van der Waals surface area (Å²) in [6.07, 6.45) is 0.683. The van der Waals surface area contributed by atoms with Gasteiger partial charge in [0, 0.05) is 33.6 Å². The molecule has 0 saturated carbocycles. The predicted octanol–water partition coefficient (Wildman–Crippen LogP) is 2.80. The highest BCUT2D eigenvalue weighted by Gasteiger charge is 2.25. The third-order valence-corrected chi connectivity index (χ3v) is 6.29. The van der Waals surface area contributed by atoms with Crippen molar-refractivity contribution in [1.82, 2.24) is 20.9 Å². The number of carbonyl (C=O) groups is 6. The van der Waals surface area contributed by atoms with Gasteiger partial charge in [0.1, 0.15) is 17.6 Å². The summed E-state index contributed by atoms with van der Waals surface area (Å²) < 4.78 is 32.2. The van der Waals surface area contributed by atoms with E-state index in [0.29, 0.717) is 65.4 Å². The summed E-state index contributed by atoms with van der Waals surface area (Å²) in [5.41, 5.74) is -0.615. The Morgan fingerprint density at radius 3 is 1.79 bits per heavy atom. The summed E-state index contributed by atoms with van der Waals surface area (Å²) in [5.74, 6) is -1.31. The standard InChI is InChI=1S/C32H50N4O12.2C2H6/c1-32(2,3)48-31(42)35-12-14-44-16-18-46-20-19-45-17-15-43-13-11-34-29(40)23-47-27-8-6-7-25(26(27)22-38)30(41)36(5)24(21-37)9-10-28(39)33-4;2*1-2/h6-8,21-22,24H,9-20,23H2,1-5H3,(H,33,39)(H,34,40)(H,35,42);2*1-2H3. The molecule has 0 spiro atoms. The number of amides is 4. The van der Waals surface area contributed by atoms with Crippen molar-refractivity contribution >= 4 is 36.4 Å². The fourth-order valence-corrected chi connectivity index (χ4v) is 3.83. The Labute approximate surface area is 308 Å². The van der Waals surface area contributed by atoms with Crippen molar-refractivity contribution in [2.45, 2.75) is 73.0 Å². The lowest BCUT2D eigenvalue weighted by molar-refractivity contribution is -0.123. The van der Waals surface area contributed by atoms with Crippen molar-refractivity contribution in [1.29, 1.82) is 0 Å². The van der Waals surface area contributed by atoms with Crippen molar-refractivity contribution in [2.75, 3.05) is 86.6 Å². The summed E-state index contributed by atoms with van der Waals surface area (Å²) >= 11 is 0. The van der Waals surface area contributed by atoms with Crippen LogP contribution in [0.3, 0.4) is 0 Å². The molecule has 1 rings (SSSR count). The topological polar surface area (TPSA) is 197 Å². The number of likely N-dealkylation sites (N-methyl/N-ethyl adjacent to an activating group) is 1. The van der Waals surface area contributed by atoms with Crippen LogP contribution < -0.4 is 20.7 Å². The molecule has 1 aromatic carbocycles. The zero-order valence-electron chi connectivity index (χ0n) is 32.5. The molecule has 1 unspecified atom stereocenters. The quantitative estimate of drug-likeness (QED) is 0.0981. The third kappa shape index (κ3) is 24.1. The fourth-order valence-electron chi connectivity index (χ4n) is 3.83. The van der Waals surface area contributed by atoms with E-state index in [9.17, 15) is 28.8 Å². The maximum Gasteiger partial charge on any atom is 0.407 e. The number of hydrogen-bond acceptors (Lipinski definition) is 12. The normalized spacial score (nSPS) is 10.9. The van der Waals surface area contributed by atoms with Crippen LogP contribution in [0, 0.1) is 0 Å². The first-order chi connectivity index (χ1) is 24.9. The second-order valence-corrected chi connectivity index (χ2v) is 11.2. The highest BCUT2D eigenvalue weighted by atomic mass is 16.6. The van der Waals surface area contributed by atoms with Crippen LogP contribution in [0.4, 0.5) is 4.79 Å². The number of rotatable bonds is 25. The van der Waals surface area contributed by atoms with Gasteiger partial charge in [-0.05, 0) is 39.3 Å². The maximum atomic E-state index is 13.1. The molecule has 1 atom stereocenters. The van der Waals surface area contributed by atoms with Gasteiger partial charge >= 0.3 is 6.09 Å². The van der Waals surface area contributed by atoms with Gasteiger partial charge in [0.15, 0.2) is 12.9 Å². The average molecular weight is 743 g/mol. The second-order valence-electron chi connectivity index (χ2n) is 11.2. The van der Waals surface area contributed by atoms with Crippen LogP contribution in [0.25, 0.3) is 0 Å². The summed E-state index contributed by atoms with van der Waals surface area (Å²) in [4.78, 5) is 72.9. The number of nitrogens with one attached hydrogen (secondary N) is 3. The summed E-state index contributed by atoms with van der Waals surface area (Å²) in [7, 11) is 2.88. The second kappa shape index (κ2) is 31.6. The van der Waals surface area contributed by atoms with Crippen LogP contribution >= 0.6 is 0 Å². The van der Waals surface area contributed by atoms with E-state index < -0.39 is 36.2 Å². The maximum absolute atomic E-state index is 13.1. The van der Waals surface area contributed by atoms with Gasteiger partial charge in [-0.1, -0.05) is 33.8 Å². The van der Waals surface area contributed by atoms with E-state index in [4.69, 9.17) is 28.4 Å². The fraction of sp³-hybridized carbons (Fsp3) is 0.667. The number of ether oxygens (including phenoxy) is 6. The Hall–Kier alpha value is -4.12. The van der Waals surface area contributed by atoms with E-state index in [2.05, 4.69) is 16.0 Å². The highest BCUT2D eigenvalue weighted by Crippen LogP contribution is 2.23. The molecule has 298 valence electrons. The molecule has 0 aliphatic rings. The van der Waals surface area contributed by atoms with Crippen molar-refractivity contribution in [3.05, 3.63) is 29.3 Å². The molecule has 0 aliphatic heterocycles. The summed E-state index contributed by atoms with van der Waals surface area (Å²) in [5, 5.41) is 7.69. The van der Waals surface area contributed by atoms with Gasteiger partial charge in [0.2, 0.25) is 5.91 Å². The van der Waals surface area contributed by atoms with E-state index in [-0.39, 0.29) is 48.8 Å². The molecule has 0 fully saturated rings. The number of hydrogen-bond donors (Lipinski definition) is 3. The van der Waals surface area contributed by atoms with Gasteiger partial charge in [-0.3, -0.25) is 19.2 Å². The number of benzene rings is 1. The first-order valence-electron chi connectivity index (χ1n) is 17.6. The lowest BCUT2D eigenvalue weighted by atomic mass is 10.0. The highest BCUT2D eigenvalue weighted by molar-refractivity contribution is 6.03. The number of aldehydes is 2. The van der Waals surface area contributed by atoms with Crippen LogP contribution in [-0.2, 0) is 38.1 Å². The number of nitrogens with zero attached hydrogens (tertiary/aromatic N) is 1. The zero-order valence-corrected chi connectivity index (χ0v) is 32.5. The van der Waals surface area contributed by atoms with E-state index in [1.807, 2.05) is 27.7 Å². The van der Waals surface area contributed by atoms with Crippen LogP contribution in [0.15, 0.2) is 18.2 Å². The van der Waals surface area contributed by atoms with Crippen molar-refractivity contribution in [2.24, 2.45) is 0 Å². The Morgan fingerprint density at radius 2 is 1.31 bits per heavy atom. The number of carbonyl (C=O) groups excluding carboxylic acids is 6. The monoisotopic (exact) mass is 742 g/mol. The first kappa shape index (κ1) is 50.0. The molecular formula is C36H62N4O12. The minimum Gasteiger partial charge on any atom is -0.483 e. The third-order valence-electron chi connectivity index (χ3n) is 6.29. The van der Waals surface area contributed by atoms with Crippen molar-refractivity contribution in [3.8, 4) is 5.75 Å². The molecule has 16 nitrogen and oxygen atoms in total. The van der Waals surface area contributed by atoms with Crippen LogP contribution in [-0.4, -0.2) is 140 Å². The molecule has 0 radical (unpaired) electrons. The van der Waals surface area contributed by atoms with Crippen LogP contribution in [0.1, 0.15) is 82.0 Å². The molecular weight excluding hydrogens is 680 g/mol. The van der Waals surface area contributed by atoms with Gasteiger partial charge < -0.3 is 54.1 Å². The molecule has 1 aromatic rings. The zero-order chi connectivity index (χ0) is 39.8. The van der Waals surface area contributed by atoms with E-state index in [0.717, 1.165) is 4.90 Å². The Balaban J connectivity index is 0. The molecule has 16 heteroatoms. The van der Waals surface area contributed by atoms with Crippen LogP contribution in [0.5, 0.6) is 5.75 Å². The Kier molecular flexibility index (Phi) is 30.4. The first-order valence-corrected chi connectivity index (χ1v) is 17.6. The van der Waals surface area contributed by atoms with Gasteiger partial charge in [0.05, 0.1) is 70.0 Å². The minimum absolute atomic E-state index is 0.00468. The minimum atomic E-state index is -0.877. The SMILES string of the molecule is CC.CC.CNC(=O)CCC(C=O)N(C)C(=O)c1cccc(OCC(=O)NCCOCCOCCOCCOCCNC(=O)OC(C)(C)C)c1C=O. The smallest absolute Gasteiger partial charge is 0.407 e. The largest absolute Gasteiger partial charge is 0.483 e. The Morgan fingerprint density at radius 1 is 0.788 bits per heavy atom. The van der Waals surface area contributed by atoms with Crippen LogP contribution in [0.2, 0.25) is 0 Å². The molecule has 52 heavy (non-hydrogen) atoms. The molecule has 0 aliphatic carbocycles. The molecule has 0 bridgehead atoms. The van der Waals surface area contributed by atoms with E-state index >= 15 is 0 Å². The Bertz CT molecular complexity index is 1160. The van der Waals surface area contributed by atoms with E-state index in [1.165, 1.54) is 32.3 Å². The van der Waals surface area contributed by atoms with E-state index in [1.54, 1.807) is 20.8 Å². The molecule has 4 amide bonds. The van der Waals surface area contributed by atoms with Crippen molar-refractivity contribution < 1.29 is 57.2 Å². The van der Waals surface area contributed by atoms with Gasteiger partial charge in [-0.2, -0.15) is 0 Å². The van der Waals surface area contributed by atoms with Crippen molar-refractivity contribution in [3.63, 3.8) is 0 Å². The average Bonchev–Trinajstić information content (AvgIpc) is 3.14. The van der Waals surface area contributed by atoms with Gasteiger partial charge in [0.25, 0.3) is 11.8 Å². The lowest BCUT2D eigenvalue weighted by Crippen LogP contribution is -2.39. The molecule has 0 aromatic heterocycles. The predicted molar refractivity (Wildman–Crippen MR) is 196 cm³/mol. The van der Waals surface area contributed by atoms with Gasteiger partial charge in [-0.15, -0.1) is 0 Å². The number of alkyl carbamates (subject to hydrolysis) is 1. The molecule has 0 saturated heterocycles. The summed E-state index contributed by atoms with van der Waals surface area (Å²) in [6.45, 7) is 16.3.